The van der Waals surface area contributed by atoms with Gasteiger partial charge in [-0.2, -0.15) is 14.7 Å². The maximum absolute atomic E-state index is 4.52. The highest BCUT2D eigenvalue weighted by molar-refractivity contribution is 5.42. The number of likely N-dealkylation sites (N-methyl/N-ethyl adjacent to an activating group) is 1. The van der Waals surface area contributed by atoms with Crippen LogP contribution >= 0.6 is 0 Å². The van der Waals surface area contributed by atoms with Crippen molar-refractivity contribution in [3.63, 3.8) is 0 Å². The molecule has 0 N–H and O–H groups in total. The summed E-state index contributed by atoms with van der Waals surface area (Å²) in [5, 5.41) is 21.8. The molecule has 4 heterocycles. The molecule has 0 unspecified atom stereocenters. The van der Waals surface area contributed by atoms with Gasteiger partial charge in [-0.1, -0.05) is 20.8 Å². The Kier molecular flexibility index (Phi) is 4.30. The number of hydrogen-bond donors (Lipinski definition) is 0. The Labute approximate surface area is 159 Å². The topological polar surface area (TPSA) is 75.3 Å². The average Bonchev–Trinajstić information content (AvgIpc) is 2.95. The largest absolute Gasteiger partial charge is 0.352 e. The van der Waals surface area contributed by atoms with E-state index < -0.39 is 0 Å². The Morgan fingerprint density at radius 3 is 2.48 bits per heavy atom. The molecule has 0 radical (unpaired) electrons. The number of anilines is 1. The van der Waals surface area contributed by atoms with Crippen molar-refractivity contribution in [1.82, 2.24) is 34.9 Å². The van der Waals surface area contributed by atoms with Gasteiger partial charge in [-0.05, 0) is 38.2 Å². The summed E-state index contributed by atoms with van der Waals surface area (Å²) in [4.78, 5) is 4.55. The Morgan fingerprint density at radius 2 is 1.81 bits per heavy atom. The Hall–Kier alpha value is -2.61. The van der Waals surface area contributed by atoms with Gasteiger partial charge in [0.05, 0.1) is 17.9 Å². The molecule has 0 spiro atoms. The number of nitrogens with zero attached hydrogens (tertiary/aromatic N) is 8. The summed E-state index contributed by atoms with van der Waals surface area (Å²) >= 11 is 0. The zero-order valence-corrected chi connectivity index (χ0v) is 16.6. The molecule has 1 saturated heterocycles. The van der Waals surface area contributed by atoms with Crippen LogP contribution in [-0.4, -0.2) is 61.1 Å². The van der Waals surface area contributed by atoms with Crippen LogP contribution in [0, 0.1) is 6.92 Å². The Morgan fingerprint density at radius 1 is 1.04 bits per heavy atom. The SMILES string of the molecule is Cc1ccc2nnc(CN(C)C3CN(c4ccc(C(C)(C)C)nn4)C3)n2n1. The van der Waals surface area contributed by atoms with Crippen LogP contribution in [0.4, 0.5) is 5.82 Å². The molecule has 27 heavy (non-hydrogen) atoms. The number of aryl methyl sites for hydroxylation is 1. The molecule has 8 nitrogen and oxygen atoms in total. The van der Waals surface area contributed by atoms with Crippen LogP contribution in [0.25, 0.3) is 5.65 Å². The molecule has 0 atom stereocenters. The van der Waals surface area contributed by atoms with E-state index in [0.29, 0.717) is 12.6 Å². The van der Waals surface area contributed by atoms with Crippen molar-refractivity contribution < 1.29 is 0 Å². The molecule has 8 heteroatoms. The summed E-state index contributed by atoms with van der Waals surface area (Å²) in [5.41, 5.74) is 2.78. The summed E-state index contributed by atoms with van der Waals surface area (Å²) in [6.07, 6.45) is 0. The van der Waals surface area contributed by atoms with Gasteiger partial charge in [0, 0.05) is 24.5 Å². The minimum Gasteiger partial charge on any atom is -0.352 e. The maximum Gasteiger partial charge on any atom is 0.177 e. The second-order valence-corrected chi connectivity index (χ2v) is 8.36. The second kappa shape index (κ2) is 6.53. The molecule has 142 valence electrons. The highest BCUT2D eigenvalue weighted by Gasteiger charge is 2.32. The van der Waals surface area contributed by atoms with Gasteiger partial charge in [-0.15, -0.1) is 15.3 Å². The van der Waals surface area contributed by atoms with Gasteiger partial charge < -0.3 is 4.90 Å². The Balaban J connectivity index is 1.38. The molecule has 1 fully saturated rings. The van der Waals surface area contributed by atoms with Gasteiger partial charge in [0.2, 0.25) is 0 Å². The molecule has 0 amide bonds. The van der Waals surface area contributed by atoms with Crippen molar-refractivity contribution in [2.24, 2.45) is 0 Å². The minimum absolute atomic E-state index is 0.0244. The molecule has 4 rings (SSSR count). The van der Waals surface area contributed by atoms with E-state index in [1.807, 2.05) is 23.6 Å². The van der Waals surface area contributed by atoms with Gasteiger partial charge in [0.15, 0.2) is 17.3 Å². The lowest BCUT2D eigenvalue weighted by Crippen LogP contribution is -2.58. The summed E-state index contributed by atoms with van der Waals surface area (Å²) in [7, 11) is 2.12. The predicted molar refractivity (Wildman–Crippen MR) is 104 cm³/mol. The van der Waals surface area contributed by atoms with Crippen LogP contribution in [-0.2, 0) is 12.0 Å². The summed E-state index contributed by atoms with van der Waals surface area (Å²) in [6.45, 7) is 11.0. The number of hydrogen-bond acceptors (Lipinski definition) is 7. The van der Waals surface area contributed by atoms with Crippen LogP contribution in [0.1, 0.15) is 38.0 Å². The third-order valence-corrected chi connectivity index (χ3v) is 5.08. The normalized spacial score (nSPS) is 15.6. The standard InChI is InChI=1S/C19H26N8/c1-13-6-8-17-22-23-18(27(17)24-13)12-25(5)14-10-26(11-14)16-9-7-15(20-21-16)19(2,3)4/h6-9,14H,10-12H2,1-5H3. The first-order valence-corrected chi connectivity index (χ1v) is 9.28. The van der Waals surface area contributed by atoms with Gasteiger partial charge in [0.1, 0.15) is 0 Å². The maximum atomic E-state index is 4.52. The molecule has 0 aromatic carbocycles. The molecule has 0 aliphatic carbocycles. The highest BCUT2D eigenvalue weighted by Crippen LogP contribution is 2.24. The molecule has 3 aromatic rings. The van der Waals surface area contributed by atoms with Gasteiger partial charge in [-0.3, -0.25) is 4.90 Å². The van der Waals surface area contributed by atoms with E-state index in [1.54, 1.807) is 0 Å². The van der Waals surface area contributed by atoms with Crippen molar-refractivity contribution >= 4 is 11.5 Å². The monoisotopic (exact) mass is 366 g/mol. The highest BCUT2D eigenvalue weighted by atomic mass is 15.4. The van der Waals surface area contributed by atoms with Crippen LogP contribution < -0.4 is 4.90 Å². The van der Waals surface area contributed by atoms with Gasteiger partial charge >= 0.3 is 0 Å². The minimum atomic E-state index is 0.0244. The van der Waals surface area contributed by atoms with Gasteiger partial charge in [0.25, 0.3) is 0 Å². The Bertz CT molecular complexity index is 934. The zero-order chi connectivity index (χ0) is 19.2. The molecule has 0 bridgehead atoms. The summed E-state index contributed by atoms with van der Waals surface area (Å²) in [5.74, 6) is 1.81. The predicted octanol–water partition coefficient (Wildman–Crippen LogP) is 1.84. The van der Waals surface area contributed by atoms with Crippen LogP contribution in [0.5, 0.6) is 0 Å². The molecule has 3 aromatic heterocycles. The molecular weight excluding hydrogens is 340 g/mol. The molecule has 1 aliphatic heterocycles. The van der Waals surface area contributed by atoms with Crippen molar-refractivity contribution in [3.8, 4) is 0 Å². The fourth-order valence-corrected chi connectivity index (χ4v) is 3.19. The zero-order valence-electron chi connectivity index (χ0n) is 16.6. The van der Waals surface area contributed by atoms with E-state index >= 15 is 0 Å². The average molecular weight is 366 g/mol. The second-order valence-electron chi connectivity index (χ2n) is 8.36. The van der Waals surface area contributed by atoms with Crippen molar-refractivity contribution in [1.29, 1.82) is 0 Å². The van der Waals surface area contributed by atoms with Crippen molar-refractivity contribution in [2.45, 2.75) is 45.7 Å². The molecule has 0 saturated carbocycles. The molecular formula is C19H26N8. The first-order chi connectivity index (χ1) is 12.8. The van der Waals surface area contributed by atoms with E-state index in [-0.39, 0.29) is 5.41 Å². The fraction of sp³-hybridized carbons (Fsp3) is 0.526. The fourth-order valence-electron chi connectivity index (χ4n) is 3.19. The number of aromatic nitrogens is 6. The third-order valence-electron chi connectivity index (χ3n) is 5.08. The first-order valence-electron chi connectivity index (χ1n) is 9.28. The van der Waals surface area contributed by atoms with Crippen LogP contribution in [0.3, 0.4) is 0 Å². The van der Waals surface area contributed by atoms with Crippen LogP contribution in [0.15, 0.2) is 24.3 Å². The van der Waals surface area contributed by atoms with E-state index in [0.717, 1.165) is 41.8 Å². The van der Waals surface area contributed by atoms with E-state index in [4.69, 9.17) is 0 Å². The summed E-state index contributed by atoms with van der Waals surface area (Å²) < 4.78 is 1.83. The van der Waals surface area contributed by atoms with Crippen molar-refractivity contribution in [2.75, 3.05) is 25.0 Å². The molecule has 1 aliphatic rings. The van der Waals surface area contributed by atoms with Crippen molar-refractivity contribution in [3.05, 3.63) is 41.5 Å². The van der Waals surface area contributed by atoms with E-state index in [9.17, 15) is 0 Å². The summed E-state index contributed by atoms with van der Waals surface area (Å²) in [6, 6.07) is 8.50. The third kappa shape index (κ3) is 3.49. The van der Waals surface area contributed by atoms with Crippen LogP contribution in [0.2, 0.25) is 0 Å². The number of fused-ring (bicyclic) bond motifs is 1. The lowest BCUT2D eigenvalue weighted by molar-refractivity contribution is 0.191. The lowest BCUT2D eigenvalue weighted by atomic mass is 9.92. The van der Waals surface area contributed by atoms with E-state index in [2.05, 4.69) is 75.2 Å². The number of rotatable bonds is 4. The quantitative estimate of drug-likeness (QED) is 0.697. The van der Waals surface area contributed by atoms with Gasteiger partial charge in [-0.25, -0.2) is 0 Å². The van der Waals surface area contributed by atoms with E-state index in [1.165, 1.54) is 0 Å². The lowest BCUT2D eigenvalue weighted by Gasteiger charge is -2.44. The smallest absolute Gasteiger partial charge is 0.177 e. The first kappa shape index (κ1) is 17.8.